The molecule has 0 spiro atoms. The highest BCUT2D eigenvalue weighted by atomic mass is 31.2. The zero-order valence-corrected chi connectivity index (χ0v) is 41.7. The number of rotatable bonds is 44. The quantitative estimate of drug-likeness (QED) is 0.0212. The first-order valence-corrected chi connectivity index (χ1v) is 26.3. The predicted molar refractivity (Wildman–Crippen MR) is 265 cm³/mol. The van der Waals surface area contributed by atoms with Crippen molar-refractivity contribution in [2.24, 2.45) is 0 Å². The number of carbonyl (C=O) groups excluding carboxylic acids is 2. The summed E-state index contributed by atoms with van der Waals surface area (Å²) in [5.41, 5.74) is 0. The number of quaternary nitrogens is 1. The van der Waals surface area contributed by atoms with Crippen LogP contribution < -0.4 is 0 Å². The van der Waals surface area contributed by atoms with Crippen LogP contribution >= 0.6 is 7.82 Å². The van der Waals surface area contributed by atoms with Gasteiger partial charge in [-0.1, -0.05) is 170 Å². The maximum atomic E-state index is 12.7. The molecule has 362 valence electrons. The lowest BCUT2D eigenvalue weighted by atomic mass is 10.1. The molecule has 0 aliphatic rings. The summed E-state index contributed by atoms with van der Waals surface area (Å²) in [7, 11) is 1.44. The number of esters is 2. The van der Waals surface area contributed by atoms with E-state index in [0.717, 1.165) is 103 Å². The summed E-state index contributed by atoms with van der Waals surface area (Å²) in [6.07, 6.45) is 57.7. The van der Waals surface area contributed by atoms with Gasteiger partial charge in [0.25, 0.3) is 0 Å². The van der Waals surface area contributed by atoms with E-state index in [9.17, 15) is 19.0 Å². The molecule has 0 heterocycles. The number of hydrogen-bond acceptors (Lipinski definition) is 7. The van der Waals surface area contributed by atoms with Crippen LogP contribution in [0.1, 0.15) is 187 Å². The van der Waals surface area contributed by atoms with Gasteiger partial charge in [0.2, 0.25) is 0 Å². The largest absolute Gasteiger partial charge is 0.472 e. The Bertz CT molecular complexity index is 1340. The van der Waals surface area contributed by atoms with Gasteiger partial charge in [-0.2, -0.15) is 0 Å². The van der Waals surface area contributed by atoms with E-state index in [-0.39, 0.29) is 32.0 Å². The van der Waals surface area contributed by atoms with Crippen LogP contribution in [0, 0.1) is 0 Å². The summed E-state index contributed by atoms with van der Waals surface area (Å²) in [5.74, 6) is -0.842. The summed E-state index contributed by atoms with van der Waals surface area (Å²) in [6, 6.07) is 0. The molecule has 0 aromatic heterocycles. The fourth-order valence-corrected chi connectivity index (χ4v) is 7.05. The molecule has 63 heavy (non-hydrogen) atoms. The van der Waals surface area contributed by atoms with E-state index in [4.69, 9.17) is 18.5 Å². The fourth-order valence-electron chi connectivity index (χ4n) is 6.31. The van der Waals surface area contributed by atoms with Gasteiger partial charge in [-0.05, 0) is 89.9 Å². The minimum atomic E-state index is -4.39. The van der Waals surface area contributed by atoms with Gasteiger partial charge in [0.1, 0.15) is 19.8 Å². The molecule has 1 N–H and O–H groups in total. The van der Waals surface area contributed by atoms with Crippen molar-refractivity contribution >= 4 is 19.8 Å². The van der Waals surface area contributed by atoms with E-state index in [1.165, 1.54) is 51.4 Å². The Hall–Kier alpha value is -2.81. The Morgan fingerprint density at radius 3 is 1.37 bits per heavy atom. The Labute approximate surface area is 386 Å². The molecule has 0 fully saturated rings. The van der Waals surface area contributed by atoms with Gasteiger partial charge < -0.3 is 18.9 Å². The molecule has 0 aromatic carbocycles. The molecular weight excluding hydrogens is 810 g/mol. The Morgan fingerprint density at radius 2 is 0.905 bits per heavy atom. The standard InChI is InChI=1S/C53H92NO8P/c1-6-8-10-12-14-16-18-20-22-24-25-26-27-28-29-30-32-34-36-38-40-42-44-46-53(56)62-51(50-61-63(57,58)60-48-47-54(3,4)5)49-59-52(55)45-43-41-39-37-35-33-31-23-21-19-17-15-13-11-9-7-2/h8,10,14,16,20,22-23,25-26,28-29,31-32,34,51H,6-7,9,11-13,15,17-19,21,24,27,30,33,35-50H2,1-5H3/p+1/b10-8-,16-14-,22-20-,26-25-,29-28-,31-23-,34-32-. The molecule has 0 amide bonds. The average molecular weight is 903 g/mol. The zero-order valence-electron chi connectivity index (χ0n) is 40.8. The van der Waals surface area contributed by atoms with E-state index in [0.29, 0.717) is 17.4 Å². The minimum absolute atomic E-state index is 0.0207. The highest BCUT2D eigenvalue weighted by Crippen LogP contribution is 2.43. The number of hydrogen-bond donors (Lipinski definition) is 1. The van der Waals surface area contributed by atoms with E-state index in [2.05, 4.69) is 98.9 Å². The predicted octanol–water partition coefficient (Wildman–Crippen LogP) is 14.7. The first kappa shape index (κ1) is 60.2. The summed E-state index contributed by atoms with van der Waals surface area (Å²) in [6.45, 7) is 4.26. The molecule has 0 aliphatic carbocycles. The van der Waals surface area contributed by atoms with Gasteiger partial charge in [0.15, 0.2) is 6.10 Å². The van der Waals surface area contributed by atoms with Crippen LogP contribution in [-0.2, 0) is 32.7 Å². The van der Waals surface area contributed by atoms with Crippen LogP contribution in [0.3, 0.4) is 0 Å². The Morgan fingerprint density at radius 1 is 0.508 bits per heavy atom. The van der Waals surface area contributed by atoms with Crippen molar-refractivity contribution in [2.75, 3.05) is 47.5 Å². The van der Waals surface area contributed by atoms with E-state index in [1.54, 1.807) is 0 Å². The van der Waals surface area contributed by atoms with E-state index in [1.807, 2.05) is 21.1 Å². The van der Waals surface area contributed by atoms with Crippen LogP contribution in [0.2, 0.25) is 0 Å². The fraction of sp³-hybridized carbons (Fsp3) is 0.698. The molecule has 2 atom stereocenters. The third-order valence-corrected chi connectivity index (χ3v) is 11.1. The molecule has 0 rings (SSSR count). The summed E-state index contributed by atoms with van der Waals surface area (Å²) < 4.78 is 34.4. The highest BCUT2D eigenvalue weighted by molar-refractivity contribution is 7.47. The maximum absolute atomic E-state index is 12.7. The van der Waals surface area contributed by atoms with Crippen molar-refractivity contribution in [3.8, 4) is 0 Å². The van der Waals surface area contributed by atoms with Crippen LogP contribution in [0.4, 0.5) is 0 Å². The number of phosphoric ester groups is 1. The summed E-state index contributed by atoms with van der Waals surface area (Å²) in [4.78, 5) is 35.5. The van der Waals surface area contributed by atoms with Gasteiger partial charge >= 0.3 is 19.8 Å². The second kappa shape index (κ2) is 44.4. The second-order valence-electron chi connectivity index (χ2n) is 17.5. The molecule has 2 unspecified atom stereocenters. The van der Waals surface area contributed by atoms with Crippen molar-refractivity contribution in [1.29, 1.82) is 0 Å². The smallest absolute Gasteiger partial charge is 0.462 e. The van der Waals surface area contributed by atoms with Gasteiger partial charge in [0, 0.05) is 12.8 Å². The number of unbranched alkanes of at least 4 members (excludes halogenated alkanes) is 16. The molecular formula is C53H93NO8P+. The van der Waals surface area contributed by atoms with Crippen molar-refractivity contribution in [3.63, 3.8) is 0 Å². The minimum Gasteiger partial charge on any atom is -0.462 e. The lowest BCUT2D eigenvalue weighted by Crippen LogP contribution is -2.37. The van der Waals surface area contributed by atoms with Crippen molar-refractivity contribution < 1.29 is 42.1 Å². The number of ether oxygens (including phenoxy) is 2. The zero-order chi connectivity index (χ0) is 46.4. The molecule has 9 nitrogen and oxygen atoms in total. The van der Waals surface area contributed by atoms with Crippen LogP contribution in [-0.4, -0.2) is 74.9 Å². The Kier molecular flexibility index (Phi) is 42.4. The van der Waals surface area contributed by atoms with Crippen LogP contribution in [0.25, 0.3) is 0 Å². The summed E-state index contributed by atoms with van der Waals surface area (Å²) in [5, 5.41) is 0. The highest BCUT2D eigenvalue weighted by Gasteiger charge is 2.27. The first-order valence-electron chi connectivity index (χ1n) is 24.8. The van der Waals surface area contributed by atoms with Crippen molar-refractivity contribution in [1.82, 2.24) is 0 Å². The third kappa shape index (κ3) is 48.5. The molecule has 0 saturated heterocycles. The number of likely N-dealkylation sites (N-methyl/N-ethyl adjacent to an activating group) is 1. The molecule has 10 heteroatoms. The topological polar surface area (TPSA) is 108 Å². The molecule has 0 saturated carbocycles. The van der Waals surface area contributed by atoms with Gasteiger partial charge in [-0.3, -0.25) is 18.6 Å². The normalized spacial score (nSPS) is 14.2. The average Bonchev–Trinajstić information content (AvgIpc) is 3.24. The number of carbonyl (C=O) groups is 2. The molecule has 0 aromatic rings. The van der Waals surface area contributed by atoms with Crippen LogP contribution in [0.15, 0.2) is 85.1 Å². The lowest BCUT2D eigenvalue weighted by Gasteiger charge is -2.24. The maximum Gasteiger partial charge on any atom is 0.472 e. The Balaban J connectivity index is 4.37. The number of allylic oxidation sites excluding steroid dienone is 14. The second-order valence-corrected chi connectivity index (χ2v) is 18.9. The van der Waals surface area contributed by atoms with E-state index < -0.39 is 26.5 Å². The molecule has 0 aliphatic heterocycles. The first-order chi connectivity index (χ1) is 30.5. The molecule has 0 bridgehead atoms. The van der Waals surface area contributed by atoms with Crippen LogP contribution in [0.5, 0.6) is 0 Å². The lowest BCUT2D eigenvalue weighted by molar-refractivity contribution is -0.870. The van der Waals surface area contributed by atoms with Crippen molar-refractivity contribution in [2.45, 2.75) is 193 Å². The monoisotopic (exact) mass is 903 g/mol. The van der Waals surface area contributed by atoms with Gasteiger partial charge in [-0.25, -0.2) is 4.57 Å². The van der Waals surface area contributed by atoms with E-state index >= 15 is 0 Å². The number of nitrogens with zero attached hydrogens (tertiary/aromatic N) is 1. The van der Waals surface area contributed by atoms with Crippen molar-refractivity contribution in [3.05, 3.63) is 85.1 Å². The molecule has 0 radical (unpaired) electrons. The van der Waals surface area contributed by atoms with Gasteiger partial charge in [0.05, 0.1) is 27.7 Å². The van der Waals surface area contributed by atoms with Gasteiger partial charge in [-0.15, -0.1) is 0 Å². The SMILES string of the molecule is CC/C=C\C/C=C\C/C=C\C/C=C\C/C=C\C/C=C\CCCCCCC(=O)OC(COC(=O)CCCCCCC/C=C\CCCCCCCCC)COP(=O)(O)OCC[N+](C)(C)C. The summed E-state index contributed by atoms with van der Waals surface area (Å²) >= 11 is 0. The third-order valence-electron chi connectivity index (χ3n) is 10.2. The number of phosphoric acid groups is 1.